The molecule has 2 aromatic carbocycles. The summed E-state index contributed by atoms with van der Waals surface area (Å²) >= 11 is 0. The molecule has 1 unspecified atom stereocenters. The van der Waals surface area contributed by atoms with Gasteiger partial charge in [-0.2, -0.15) is 0 Å². The highest BCUT2D eigenvalue weighted by Crippen LogP contribution is 2.30. The van der Waals surface area contributed by atoms with E-state index in [1.807, 2.05) is 12.1 Å². The lowest BCUT2D eigenvalue weighted by Gasteiger charge is -2.37. The third-order valence-electron chi connectivity index (χ3n) is 4.31. The van der Waals surface area contributed by atoms with Gasteiger partial charge in [0.25, 0.3) is 0 Å². The van der Waals surface area contributed by atoms with Gasteiger partial charge in [-0.1, -0.05) is 0 Å². The summed E-state index contributed by atoms with van der Waals surface area (Å²) in [4.78, 5) is 5.64. The molecule has 160 valence electrons. The van der Waals surface area contributed by atoms with Gasteiger partial charge in [0, 0.05) is 18.7 Å². The van der Waals surface area contributed by atoms with Crippen molar-refractivity contribution in [1.29, 1.82) is 0 Å². The van der Waals surface area contributed by atoms with E-state index in [0.717, 1.165) is 31.5 Å². The molecule has 3 aromatic rings. The van der Waals surface area contributed by atoms with Crippen molar-refractivity contribution >= 4 is 5.69 Å². The molecule has 0 aliphatic carbocycles. The molecule has 0 radical (unpaired) electrons. The number of hydrogen-bond donors (Lipinski definition) is 1. The highest BCUT2D eigenvalue weighted by atomic mass is 19.4. The first-order valence-electron chi connectivity index (χ1n) is 9.31. The summed E-state index contributed by atoms with van der Waals surface area (Å²) in [5.41, 5.74) is 0.930. The van der Waals surface area contributed by atoms with E-state index in [4.69, 9.17) is 4.74 Å². The maximum Gasteiger partial charge on any atom is 0.573 e. The number of aromatic hydroxyl groups is 1. The van der Waals surface area contributed by atoms with Crippen molar-refractivity contribution in [3.8, 4) is 17.2 Å². The second kappa shape index (κ2) is 9.91. The Kier molecular flexibility index (Phi) is 7.05. The van der Waals surface area contributed by atoms with Gasteiger partial charge in [-0.15, -0.1) is 13.2 Å². The minimum Gasteiger partial charge on any atom is -0.508 e. The third kappa shape index (κ3) is 6.61. The molecule has 4 rings (SSSR count). The molecule has 1 aliphatic heterocycles. The first-order valence-corrected chi connectivity index (χ1v) is 9.31. The van der Waals surface area contributed by atoms with Crippen LogP contribution in [-0.2, 0) is 0 Å². The number of oxazole rings is 1. The van der Waals surface area contributed by atoms with Crippen LogP contribution in [0, 0.1) is 0 Å². The zero-order valence-corrected chi connectivity index (χ0v) is 16.0. The number of benzene rings is 2. The number of hydrogen-bond acceptors (Lipinski definition) is 6. The molecule has 1 atom stereocenters. The van der Waals surface area contributed by atoms with Crippen LogP contribution in [0.5, 0.6) is 17.2 Å². The van der Waals surface area contributed by atoms with Crippen LogP contribution >= 0.6 is 0 Å². The Balaban J connectivity index is 0.000000448. The standard InChI is InChI=1S/C18H18F3NO3.C3H3NO/c19-18(20,21)25-16-10-8-15(9-11-16)24-17-3-1-2-12-22(17)13-4-6-14(23)7-5-13;1-2-5-3-4-1/h4-11,17,23H,1-3,12H2;1-3H. The summed E-state index contributed by atoms with van der Waals surface area (Å²) in [6.07, 6.45) is 2.39. The molecule has 1 N–H and O–H groups in total. The van der Waals surface area contributed by atoms with Gasteiger partial charge >= 0.3 is 6.36 Å². The predicted molar refractivity (Wildman–Crippen MR) is 103 cm³/mol. The lowest BCUT2D eigenvalue weighted by molar-refractivity contribution is -0.274. The van der Waals surface area contributed by atoms with Crippen molar-refractivity contribution in [1.82, 2.24) is 4.98 Å². The molecule has 9 heteroatoms. The van der Waals surface area contributed by atoms with Gasteiger partial charge in [0.15, 0.2) is 12.6 Å². The van der Waals surface area contributed by atoms with Crippen molar-refractivity contribution < 1.29 is 32.2 Å². The van der Waals surface area contributed by atoms with E-state index >= 15 is 0 Å². The molecular formula is C21H21F3N2O4. The molecule has 0 saturated carbocycles. The van der Waals surface area contributed by atoms with Crippen LogP contribution in [0.25, 0.3) is 0 Å². The van der Waals surface area contributed by atoms with E-state index in [-0.39, 0.29) is 17.7 Å². The van der Waals surface area contributed by atoms with Crippen LogP contribution in [0.1, 0.15) is 19.3 Å². The maximum atomic E-state index is 12.2. The van der Waals surface area contributed by atoms with Crippen molar-refractivity contribution in [3.63, 3.8) is 0 Å². The minimum atomic E-state index is -4.71. The van der Waals surface area contributed by atoms with Crippen LogP contribution in [0.3, 0.4) is 0 Å². The lowest BCUT2D eigenvalue weighted by Crippen LogP contribution is -2.43. The Hall–Kier alpha value is -3.36. The molecule has 6 nitrogen and oxygen atoms in total. The minimum absolute atomic E-state index is 0.193. The quantitative estimate of drug-likeness (QED) is 0.611. The normalized spacial score (nSPS) is 16.4. The fourth-order valence-electron chi connectivity index (χ4n) is 3.02. The predicted octanol–water partition coefficient (Wildman–Crippen LogP) is 5.36. The zero-order chi connectivity index (χ0) is 21.4. The van der Waals surface area contributed by atoms with Crippen molar-refractivity contribution in [3.05, 3.63) is 67.4 Å². The molecule has 1 fully saturated rings. The average molecular weight is 422 g/mol. The molecule has 0 spiro atoms. The van der Waals surface area contributed by atoms with E-state index in [0.29, 0.717) is 5.75 Å². The Morgan fingerprint density at radius 2 is 1.70 bits per heavy atom. The number of halogens is 3. The van der Waals surface area contributed by atoms with Crippen LogP contribution in [-0.4, -0.2) is 29.2 Å². The fourth-order valence-corrected chi connectivity index (χ4v) is 3.02. The van der Waals surface area contributed by atoms with Gasteiger partial charge in [0.1, 0.15) is 23.5 Å². The Labute approximate surface area is 171 Å². The van der Waals surface area contributed by atoms with Crippen molar-refractivity contribution in [2.24, 2.45) is 0 Å². The summed E-state index contributed by atoms with van der Waals surface area (Å²) in [7, 11) is 0. The van der Waals surface area contributed by atoms with Crippen molar-refractivity contribution in [2.75, 3.05) is 11.4 Å². The summed E-state index contributed by atoms with van der Waals surface area (Å²) in [6, 6.07) is 12.3. The Morgan fingerprint density at radius 3 is 2.27 bits per heavy atom. The monoisotopic (exact) mass is 422 g/mol. The summed E-state index contributed by atoms with van der Waals surface area (Å²) in [5.74, 6) is 0.391. The summed E-state index contributed by atoms with van der Waals surface area (Å²) < 4.78 is 50.9. The van der Waals surface area contributed by atoms with Gasteiger partial charge in [-0.3, -0.25) is 0 Å². The van der Waals surface area contributed by atoms with E-state index in [1.54, 1.807) is 18.3 Å². The van der Waals surface area contributed by atoms with Gasteiger partial charge in [-0.05, 0) is 61.4 Å². The summed E-state index contributed by atoms with van der Waals surface area (Å²) in [5, 5.41) is 9.42. The maximum absolute atomic E-state index is 12.2. The van der Waals surface area contributed by atoms with Gasteiger partial charge in [-0.25, -0.2) is 4.98 Å². The van der Waals surface area contributed by atoms with Crippen molar-refractivity contribution in [2.45, 2.75) is 31.9 Å². The number of aromatic nitrogens is 1. The zero-order valence-electron chi connectivity index (χ0n) is 16.0. The van der Waals surface area contributed by atoms with E-state index in [2.05, 4.69) is 19.0 Å². The number of rotatable bonds is 4. The molecule has 0 amide bonds. The third-order valence-corrected chi connectivity index (χ3v) is 4.31. The molecule has 0 bridgehead atoms. The van der Waals surface area contributed by atoms with Crippen LogP contribution in [0.15, 0.2) is 71.8 Å². The molecule has 2 heterocycles. The fraction of sp³-hybridized carbons (Fsp3) is 0.286. The molecule has 30 heavy (non-hydrogen) atoms. The second-order valence-electron chi connectivity index (χ2n) is 6.47. The number of ether oxygens (including phenoxy) is 2. The number of alkyl halides is 3. The highest BCUT2D eigenvalue weighted by Gasteiger charge is 2.31. The Morgan fingerprint density at radius 1 is 1.00 bits per heavy atom. The number of phenols is 1. The molecular weight excluding hydrogens is 401 g/mol. The highest BCUT2D eigenvalue weighted by molar-refractivity contribution is 5.50. The average Bonchev–Trinajstić information content (AvgIpc) is 3.30. The molecule has 1 saturated heterocycles. The summed E-state index contributed by atoms with van der Waals surface area (Å²) in [6.45, 7) is 0.810. The van der Waals surface area contributed by atoms with Crippen LogP contribution in [0.2, 0.25) is 0 Å². The van der Waals surface area contributed by atoms with E-state index in [1.165, 1.54) is 36.9 Å². The molecule has 1 aliphatic rings. The van der Waals surface area contributed by atoms with E-state index in [9.17, 15) is 18.3 Å². The first kappa shape index (κ1) is 21.4. The van der Waals surface area contributed by atoms with Crippen LogP contribution < -0.4 is 14.4 Å². The lowest BCUT2D eigenvalue weighted by atomic mass is 10.1. The Bertz CT molecular complexity index is 852. The number of piperidine rings is 1. The SMILES string of the molecule is Oc1ccc(N2CCCCC2Oc2ccc(OC(F)(F)F)cc2)cc1.c1cocn1. The first-order chi connectivity index (χ1) is 14.4. The topological polar surface area (TPSA) is 68.0 Å². The number of anilines is 1. The molecule has 1 aromatic heterocycles. The smallest absolute Gasteiger partial charge is 0.508 e. The largest absolute Gasteiger partial charge is 0.573 e. The second-order valence-corrected chi connectivity index (χ2v) is 6.47. The van der Waals surface area contributed by atoms with Crippen LogP contribution in [0.4, 0.5) is 18.9 Å². The number of phenolic OH excluding ortho intramolecular Hbond substituents is 1. The van der Waals surface area contributed by atoms with Gasteiger partial charge in [0.2, 0.25) is 0 Å². The van der Waals surface area contributed by atoms with Gasteiger partial charge < -0.3 is 23.9 Å². The van der Waals surface area contributed by atoms with Gasteiger partial charge in [0.05, 0.1) is 6.20 Å². The number of nitrogens with zero attached hydrogens (tertiary/aromatic N) is 2. The van der Waals surface area contributed by atoms with E-state index < -0.39 is 6.36 Å².